The van der Waals surface area contributed by atoms with Crippen molar-refractivity contribution in [1.29, 1.82) is 0 Å². The molecule has 3 nitrogen and oxygen atoms in total. The van der Waals surface area contributed by atoms with Gasteiger partial charge < -0.3 is 5.32 Å². The van der Waals surface area contributed by atoms with Crippen molar-refractivity contribution in [2.45, 2.75) is 13.3 Å². The molecule has 1 amide bonds. The number of hydrogen-bond acceptors (Lipinski definition) is 3. The maximum absolute atomic E-state index is 12.4. The van der Waals surface area contributed by atoms with E-state index in [-0.39, 0.29) is 5.91 Å². The Morgan fingerprint density at radius 1 is 1.00 bits per heavy atom. The smallest absolute Gasteiger partial charge is 0.228 e. The summed E-state index contributed by atoms with van der Waals surface area (Å²) in [5, 5.41) is 4.34. The van der Waals surface area contributed by atoms with Gasteiger partial charge in [-0.2, -0.15) is 0 Å². The molecule has 5 heteroatoms. The fourth-order valence-electron chi connectivity index (χ4n) is 2.99. The number of amides is 1. The van der Waals surface area contributed by atoms with Crippen molar-refractivity contribution in [2.24, 2.45) is 0 Å². The number of thiazole rings is 1. The van der Waals surface area contributed by atoms with Crippen LogP contribution in [0.5, 0.6) is 0 Å². The monoisotopic (exact) mass is 392 g/mol. The lowest BCUT2D eigenvalue weighted by Crippen LogP contribution is -2.14. The van der Waals surface area contributed by atoms with Crippen molar-refractivity contribution in [3.8, 4) is 11.1 Å². The summed E-state index contributed by atoms with van der Waals surface area (Å²) in [4.78, 5) is 16.9. The molecule has 1 aromatic heterocycles. The van der Waals surface area contributed by atoms with Gasteiger partial charge >= 0.3 is 0 Å². The van der Waals surface area contributed by atoms with Crippen LogP contribution in [0.4, 0.5) is 5.69 Å². The van der Waals surface area contributed by atoms with Crippen LogP contribution in [-0.4, -0.2) is 10.9 Å². The van der Waals surface area contributed by atoms with Crippen molar-refractivity contribution in [3.05, 3.63) is 82.3 Å². The SMILES string of the molecule is Cc1nc2c(Cl)c(NC(=O)Cc3ccc(-c4ccccc4)cc3)ccc2s1. The molecule has 0 unspecified atom stereocenters. The van der Waals surface area contributed by atoms with E-state index in [9.17, 15) is 4.79 Å². The second-order valence-corrected chi connectivity index (χ2v) is 7.91. The molecule has 4 rings (SSSR count). The van der Waals surface area contributed by atoms with Gasteiger partial charge in [0, 0.05) is 0 Å². The van der Waals surface area contributed by atoms with Gasteiger partial charge in [-0.05, 0) is 35.7 Å². The summed E-state index contributed by atoms with van der Waals surface area (Å²) in [5.74, 6) is -0.101. The summed E-state index contributed by atoms with van der Waals surface area (Å²) in [5.41, 5.74) is 4.58. The van der Waals surface area contributed by atoms with Crippen molar-refractivity contribution < 1.29 is 4.79 Å². The van der Waals surface area contributed by atoms with Gasteiger partial charge in [0.15, 0.2) is 0 Å². The quantitative estimate of drug-likeness (QED) is 0.455. The van der Waals surface area contributed by atoms with E-state index in [1.165, 1.54) is 0 Å². The predicted molar refractivity (Wildman–Crippen MR) is 114 cm³/mol. The van der Waals surface area contributed by atoms with Gasteiger partial charge in [0.1, 0.15) is 5.52 Å². The van der Waals surface area contributed by atoms with Gasteiger partial charge in [0.2, 0.25) is 5.91 Å². The third kappa shape index (κ3) is 3.87. The highest BCUT2D eigenvalue weighted by atomic mass is 35.5. The van der Waals surface area contributed by atoms with E-state index >= 15 is 0 Å². The topological polar surface area (TPSA) is 42.0 Å². The highest BCUT2D eigenvalue weighted by Crippen LogP contribution is 2.33. The van der Waals surface area contributed by atoms with Crippen LogP contribution in [0, 0.1) is 6.92 Å². The zero-order valence-corrected chi connectivity index (χ0v) is 16.3. The fraction of sp³-hybridized carbons (Fsp3) is 0.0909. The summed E-state index contributed by atoms with van der Waals surface area (Å²) >= 11 is 8.01. The third-order valence-corrected chi connectivity index (χ3v) is 5.62. The molecule has 0 aliphatic carbocycles. The van der Waals surface area contributed by atoms with E-state index in [0.29, 0.717) is 17.1 Å². The normalized spacial score (nSPS) is 10.9. The Balaban J connectivity index is 1.47. The molecular weight excluding hydrogens is 376 g/mol. The van der Waals surface area contributed by atoms with E-state index < -0.39 is 0 Å². The summed E-state index contributed by atoms with van der Waals surface area (Å²) in [6, 6.07) is 22.0. The number of carbonyl (C=O) groups is 1. The Morgan fingerprint density at radius 2 is 1.70 bits per heavy atom. The first-order valence-corrected chi connectivity index (χ1v) is 9.79. The number of fused-ring (bicyclic) bond motifs is 1. The second kappa shape index (κ2) is 7.51. The molecule has 1 heterocycles. The molecule has 0 spiro atoms. The lowest BCUT2D eigenvalue weighted by Gasteiger charge is -2.08. The fourth-order valence-corrected chi connectivity index (χ4v) is 4.14. The van der Waals surface area contributed by atoms with Gasteiger partial charge in [0.05, 0.1) is 26.8 Å². The van der Waals surface area contributed by atoms with Crippen LogP contribution in [-0.2, 0) is 11.2 Å². The molecule has 0 fully saturated rings. The van der Waals surface area contributed by atoms with Gasteiger partial charge in [-0.15, -0.1) is 11.3 Å². The Bertz CT molecular complexity index is 1100. The number of nitrogens with zero attached hydrogens (tertiary/aromatic N) is 1. The lowest BCUT2D eigenvalue weighted by atomic mass is 10.0. The average molecular weight is 393 g/mol. The lowest BCUT2D eigenvalue weighted by molar-refractivity contribution is -0.115. The molecule has 0 aliphatic rings. The van der Waals surface area contributed by atoms with E-state index in [0.717, 1.165) is 31.9 Å². The van der Waals surface area contributed by atoms with Crippen LogP contribution in [0.25, 0.3) is 21.3 Å². The molecule has 0 radical (unpaired) electrons. The van der Waals surface area contributed by atoms with Crippen molar-refractivity contribution >= 4 is 44.7 Å². The first kappa shape index (κ1) is 17.7. The maximum Gasteiger partial charge on any atom is 0.228 e. The molecule has 0 aliphatic heterocycles. The van der Waals surface area contributed by atoms with Crippen molar-refractivity contribution in [1.82, 2.24) is 4.98 Å². The van der Waals surface area contributed by atoms with Gasteiger partial charge in [-0.25, -0.2) is 4.98 Å². The summed E-state index contributed by atoms with van der Waals surface area (Å²) in [6.07, 6.45) is 0.291. The number of hydrogen-bond donors (Lipinski definition) is 1. The predicted octanol–water partition coefficient (Wildman–Crippen LogP) is 6.11. The number of carbonyl (C=O) groups excluding carboxylic acids is 1. The molecule has 134 valence electrons. The van der Waals surface area contributed by atoms with E-state index in [2.05, 4.69) is 22.4 Å². The van der Waals surface area contributed by atoms with Gasteiger partial charge in [0.25, 0.3) is 0 Å². The van der Waals surface area contributed by atoms with Crippen LogP contribution < -0.4 is 5.32 Å². The molecular formula is C22H17ClN2OS. The van der Waals surface area contributed by atoms with E-state index in [1.54, 1.807) is 11.3 Å². The number of anilines is 1. The van der Waals surface area contributed by atoms with E-state index in [4.69, 9.17) is 11.6 Å². The van der Waals surface area contributed by atoms with Gasteiger partial charge in [-0.3, -0.25) is 4.79 Å². The molecule has 27 heavy (non-hydrogen) atoms. The molecule has 1 N–H and O–H groups in total. The molecule has 4 aromatic rings. The van der Waals surface area contributed by atoms with Crippen LogP contribution in [0.15, 0.2) is 66.7 Å². The largest absolute Gasteiger partial charge is 0.324 e. The molecule has 3 aromatic carbocycles. The van der Waals surface area contributed by atoms with Crippen LogP contribution >= 0.6 is 22.9 Å². The second-order valence-electron chi connectivity index (χ2n) is 6.29. The van der Waals surface area contributed by atoms with Crippen LogP contribution in [0.2, 0.25) is 5.02 Å². The zero-order chi connectivity index (χ0) is 18.8. The molecule has 0 saturated carbocycles. The maximum atomic E-state index is 12.4. The number of halogens is 1. The first-order chi connectivity index (χ1) is 13.1. The summed E-state index contributed by atoms with van der Waals surface area (Å²) in [6.45, 7) is 1.94. The third-order valence-electron chi connectivity index (χ3n) is 4.31. The minimum atomic E-state index is -0.101. The highest BCUT2D eigenvalue weighted by molar-refractivity contribution is 7.18. The number of benzene rings is 3. The van der Waals surface area contributed by atoms with Gasteiger partial charge in [-0.1, -0.05) is 66.2 Å². The molecule has 0 bridgehead atoms. The number of rotatable bonds is 4. The Morgan fingerprint density at radius 3 is 2.44 bits per heavy atom. The molecule has 0 saturated heterocycles. The van der Waals surface area contributed by atoms with Crippen LogP contribution in [0.1, 0.15) is 10.6 Å². The number of aryl methyl sites for hydroxylation is 1. The number of aromatic nitrogens is 1. The standard InChI is InChI=1S/C22H17ClN2OS/c1-14-24-22-19(27-14)12-11-18(21(22)23)25-20(26)13-15-7-9-17(10-8-15)16-5-3-2-4-6-16/h2-12H,13H2,1H3,(H,25,26). The highest BCUT2D eigenvalue weighted by Gasteiger charge is 2.12. The Kier molecular flexibility index (Phi) is 4.92. The van der Waals surface area contributed by atoms with Crippen LogP contribution in [0.3, 0.4) is 0 Å². The summed E-state index contributed by atoms with van der Waals surface area (Å²) < 4.78 is 1.02. The van der Waals surface area contributed by atoms with E-state index in [1.807, 2.05) is 61.5 Å². The minimum Gasteiger partial charge on any atom is -0.324 e. The minimum absolute atomic E-state index is 0.101. The average Bonchev–Trinajstić information content (AvgIpc) is 3.07. The van der Waals surface area contributed by atoms with Crippen molar-refractivity contribution in [3.63, 3.8) is 0 Å². The summed E-state index contributed by atoms with van der Waals surface area (Å²) in [7, 11) is 0. The first-order valence-electron chi connectivity index (χ1n) is 8.60. The Hall–Kier alpha value is -2.69. The number of nitrogens with one attached hydrogen (secondary N) is 1. The Labute approximate surface area is 166 Å². The van der Waals surface area contributed by atoms with Crippen molar-refractivity contribution in [2.75, 3.05) is 5.32 Å². The molecule has 0 atom stereocenters. The zero-order valence-electron chi connectivity index (χ0n) is 14.7.